The first-order chi connectivity index (χ1) is 14.2. The van der Waals surface area contributed by atoms with E-state index in [0.29, 0.717) is 49.2 Å². The third-order valence-electron chi connectivity index (χ3n) is 5.17. The van der Waals surface area contributed by atoms with E-state index >= 15 is 0 Å². The fourth-order valence-electron chi connectivity index (χ4n) is 3.73. The molecule has 148 valence electrons. The molecule has 2 aromatic heterocycles. The molecule has 1 aliphatic rings. The predicted molar refractivity (Wildman–Crippen MR) is 111 cm³/mol. The number of rotatable bonds is 4. The highest BCUT2D eigenvalue weighted by Crippen LogP contribution is 2.34. The Bertz CT molecular complexity index is 1190. The van der Waals surface area contributed by atoms with Crippen LogP contribution in [0.3, 0.4) is 0 Å². The number of fused-ring (bicyclic) bond motifs is 3. The standard InChI is InChI=1S/C21H20FN5O2/c1-28-18-4-2-3-14-15-12-23-26-20(15)21(25-19(14)18)24-13-5-6-17(16(22)11-13)27-7-9-29-10-8-27/h2-6,11-12H,7-10H2,1H3,(H,23,26)(H,24,25). The van der Waals surface area contributed by atoms with E-state index in [1.54, 1.807) is 19.4 Å². The number of pyridine rings is 1. The molecule has 0 spiro atoms. The average molecular weight is 393 g/mol. The van der Waals surface area contributed by atoms with E-state index in [2.05, 4.69) is 15.5 Å². The van der Waals surface area contributed by atoms with Gasteiger partial charge in [0.1, 0.15) is 22.6 Å². The highest BCUT2D eigenvalue weighted by molar-refractivity contribution is 6.10. The molecule has 0 radical (unpaired) electrons. The van der Waals surface area contributed by atoms with E-state index in [1.807, 2.05) is 29.2 Å². The third-order valence-corrected chi connectivity index (χ3v) is 5.17. The largest absolute Gasteiger partial charge is 0.494 e. The number of aromatic nitrogens is 3. The quantitative estimate of drug-likeness (QED) is 0.549. The smallest absolute Gasteiger partial charge is 0.157 e. The number of aromatic amines is 1. The second-order valence-electron chi connectivity index (χ2n) is 6.87. The van der Waals surface area contributed by atoms with Crippen molar-refractivity contribution in [2.24, 2.45) is 0 Å². The van der Waals surface area contributed by atoms with E-state index in [9.17, 15) is 4.39 Å². The van der Waals surface area contributed by atoms with Gasteiger partial charge in [-0.05, 0) is 24.3 Å². The summed E-state index contributed by atoms with van der Waals surface area (Å²) in [7, 11) is 1.61. The lowest BCUT2D eigenvalue weighted by Gasteiger charge is -2.29. The maximum Gasteiger partial charge on any atom is 0.157 e. The van der Waals surface area contributed by atoms with Gasteiger partial charge in [-0.2, -0.15) is 5.10 Å². The normalized spacial score (nSPS) is 14.5. The van der Waals surface area contributed by atoms with Crippen LogP contribution in [0.25, 0.3) is 21.8 Å². The van der Waals surface area contributed by atoms with Crippen LogP contribution in [0.15, 0.2) is 42.6 Å². The summed E-state index contributed by atoms with van der Waals surface area (Å²) in [6.45, 7) is 2.59. The van der Waals surface area contributed by atoms with Crippen LogP contribution in [0, 0.1) is 5.82 Å². The van der Waals surface area contributed by atoms with E-state index < -0.39 is 0 Å². The Morgan fingerprint density at radius 1 is 1.17 bits per heavy atom. The lowest BCUT2D eigenvalue weighted by atomic mass is 10.1. The van der Waals surface area contributed by atoms with Crippen molar-refractivity contribution >= 4 is 39.0 Å². The minimum atomic E-state index is -0.281. The van der Waals surface area contributed by atoms with Crippen molar-refractivity contribution in [1.29, 1.82) is 0 Å². The van der Waals surface area contributed by atoms with Gasteiger partial charge < -0.3 is 19.7 Å². The van der Waals surface area contributed by atoms with Gasteiger partial charge in [0.2, 0.25) is 0 Å². The summed E-state index contributed by atoms with van der Waals surface area (Å²) in [4.78, 5) is 6.72. The molecule has 2 aromatic carbocycles. The summed E-state index contributed by atoms with van der Waals surface area (Å²) in [5, 5.41) is 12.2. The minimum Gasteiger partial charge on any atom is -0.494 e. The molecule has 0 saturated carbocycles. The Balaban J connectivity index is 1.54. The number of para-hydroxylation sites is 1. The van der Waals surface area contributed by atoms with Gasteiger partial charge in [-0.3, -0.25) is 5.10 Å². The number of hydrogen-bond donors (Lipinski definition) is 2. The number of nitrogens with one attached hydrogen (secondary N) is 2. The van der Waals surface area contributed by atoms with E-state index in [-0.39, 0.29) is 5.82 Å². The maximum absolute atomic E-state index is 14.8. The van der Waals surface area contributed by atoms with Crippen molar-refractivity contribution < 1.29 is 13.9 Å². The van der Waals surface area contributed by atoms with E-state index in [4.69, 9.17) is 14.5 Å². The highest BCUT2D eigenvalue weighted by atomic mass is 19.1. The number of morpholine rings is 1. The summed E-state index contributed by atoms with van der Waals surface area (Å²) in [6, 6.07) is 10.9. The fraction of sp³-hybridized carbons (Fsp3) is 0.238. The summed E-state index contributed by atoms with van der Waals surface area (Å²) in [6.07, 6.45) is 1.76. The second kappa shape index (κ2) is 7.21. The molecule has 7 nitrogen and oxygen atoms in total. The monoisotopic (exact) mass is 393 g/mol. The van der Waals surface area contributed by atoms with Crippen molar-refractivity contribution in [1.82, 2.24) is 15.2 Å². The first kappa shape index (κ1) is 17.7. The molecule has 4 aromatic rings. The van der Waals surface area contributed by atoms with Gasteiger partial charge in [0, 0.05) is 29.5 Å². The summed E-state index contributed by atoms with van der Waals surface area (Å²) < 4.78 is 25.6. The Labute approximate surface area is 166 Å². The SMILES string of the molecule is COc1cccc2c1nc(Nc1ccc(N3CCOCC3)c(F)c1)c1[nH]ncc12. The highest BCUT2D eigenvalue weighted by Gasteiger charge is 2.17. The molecule has 2 N–H and O–H groups in total. The van der Waals surface area contributed by atoms with Crippen molar-refractivity contribution in [2.75, 3.05) is 43.6 Å². The summed E-state index contributed by atoms with van der Waals surface area (Å²) >= 11 is 0. The van der Waals surface area contributed by atoms with Crippen molar-refractivity contribution in [3.63, 3.8) is 0 Å². The zero-order valence-corrected chi connectivity index (χ0v) is 15.9. The number of methoxy groups -OCH3 is 1. The molecule has 0 bridgehead atoms. The van der Waals surface area contributed by atoms with Crippen LogP contribution in [0.1, 0.15) is 0 Å². The van der Waals surface area contributed by atoms with Crippen LogP contribution in [0.4, 0.5) is 21.6 Å². The number of benzene rings is 2. The van der Waals surface area contributed by atoms with Crippen LogP contribution in [0.2, 0.25) is 0 Å². The topological polar surface area (TPSA) is 75.3 Å². The number of H-pyrrole nitrogens is 1. The molecule has 0 aliphatic carbocycles. The Hall–Kier alpha value is -3.39. The molecule has 29 heavy (non-hydrogen) atoms. The second-order valence-corrected chi connectivity index (χ2v) is 6.87. The van der Waals surface area contributed by atoms with Gasteiger partial charge in [-0.25, -0.2) is 9.37 Å². The lowest BCUT2D eigenvalue weighted by molar-refractivity contribution is 0.122. The van der Waals surface area contributed by atoms with Gasteiger partial charge in [0.25, 0.3) is 0 Å². The molecule has 0 atom stereocenters. The lowest BCUT2D eigenvalue weighted by Crippen LogP contribution is -2.36. The maximum atomic E-state index is 14.8. The van der Waals surface area contributed by atoms with Gasteiger partial charge in [-0.15, -0.1) is 0 Å². The van der Waals surface area contributed by atoms with Crippen molar-refractivity contribution in [3.8, 4) is 5.75 Å². The molecule has 5 rings (SSSR count). The van der Waals surface area contributed by atoms with Crippen LogP contribution < -0.4 is 15.0 Å². The van der Waals surface area contributed by atoms with Crippen molar-refractivity contribution in [3.05, 3.63) is 48.4 Å². The predicted octanol–water partition coefficient (Wildman–Crippen LogP) is 3.84. The minimum absolute atomic E-state index is 0.281. The summed E-state index contributed by atoms with van der Waals surface area (Å²) in [5.74, 6) is 0.951. The number of hydrogen-bond acceptors (Lipinski definition) is 6. The molecule has 3 heterocycles. The van der Waals surface area contributed by atoms with E-state index in [1.165, 1.54) is 6.07 Å². The Kier molecular flexibility index (Phi) is 4.40. The molecular weight excluding hydrogens is 373 g/mol. The van der Waals surface area contributed by atoms with Crippen LogP contribution in [-0.2, 0) is 4.74 Å². The number of anilines is 3. The molecule has 8 heteroatoms. The van der Waals surface area contributed by atoms with E-state index in [0.717, 1.165) is 21.8 Å². The first-order valence-corrected chi connectivity index (χ1v) is 9.43. The zero-order valence-electron chi connectivity index (χ0n) is 15.9. The number of ether oxygens (including phenoxy) is 2. The van der Waals surface area contributed by atoms with Crippen LogP contribution in [-0.4, -0.2) is 48.6 Å². The zero-order chi connectivity index (χ0) is 19.8. The van der Waals surface area contributed by atoms with Gasteiger partial charge in [-0.1, -0.05) is 12.1 Å². The average Bonchev–Trinajstić information content (AvgIpc) is 3.25. The Morgan fingerprint density at radius 2 is 2.03 bits per heavy atom. The van der Waals surface area contributed by atoms with Crippen molar-refractivity contribution in [2.45, 2.75) is 0 Å². The molecule has 1 saturated heterocycles. The van der Waals surface area contributed by atoms with Crippen LogP contribution in [0.5, 0.6) is 5.75 Å². The molecule has 1 aliphatic heterocycles. The summed E-state index contributed by atoms with van der Waals surface area (Å²) in [5.41, 5.74) is 2.66. The molecular formula is C21H20FN5O2. The first-order valence-electron chi connectivity index (χ1n) is 9.43. The van der Waals surface area contributed by atoms with Gasteiger partial charge in [0.05, 0.1) is 32.2 Å². The van der Waals surface area contributed by atoms with Crippen LogP contribution >= 0.6 is 0 Å². The number of halogens is 1. The molecule has 1 fully saturated rings. The number of nitrogens with zero attached hydrogens (tertiary/aromatic N) is 3. The van der Waals surface area contributed by atoms with Gasteiger partial charge in [0.15, 0.2) is 5.82 Å². The molecule has 0 unspecified atom stereocenters. The van der Waals surface area contributed by atoms with Gasteiger partial charge >= 0.3 is 0 Å². The fourth-order valence-corrected chi connectivity index (χ4v) is 3.73. The third kappa shape index (κ3) is 3.11. The Morgan fingerprint density at radius 3 is 2.83 bits per heavy atom. The molecule has 0 amide bonds.